The van der Waals surface area contributed by atoms with Gasteiger partial charge in [0.1, 0.15) is 6.61 Å². The third-order valence-electron chi connectivity index (χ3n) is 6.17. The molecule has 0 spiro atoms. The first-order valence-corrected chi connectivity index (χ1v) is 13.1. The van der Waals surface area contributed by atoms with Crippen LogP contribution in [0.15, 0.2) is 60.7 Å². The van der Waals surface area contributed by atoms with Gasteiger partial charge in [-0.1, -0.05) is 48.5 Å². The number of hydrogen-bond donors (Lipinski definition) is 0. The minimum absolute atomic E-state index is 0.0629. The van der Waals surface area contributed by atoms with Crippen molar-refractivity contribution >= 4 is 40.7 Å². The SMILES string of the molecule is COC(=O)[C@H]1O[C@@H](Oc2cc3ccccc3nc2C(=O)OCc2ccccc2)[C@H](OC(C)=O)[C@@H](OC(C)=O)[C@@H]1OC(C)=O. The van der Waals surface area contributed by atoms with E-state index in [0.29, 0.717) is 10.9 Å². The first-order valence-electron chi connectivity index (χ1n) is 13.1. The van der Waals surface area contributed by atoms with Gasteiger partial charge in [0.25, 0.3) is 0 Å². The average molecular weight is 596 g/mol. The van der Waals surface area contributed by atoms with Gasteiger partial charge in [0.05, 0.1) is 12.6 Å². The standard InChI is InChI=1S/C30H29NO12/c1-16(32)39-24-25(40-17(2)33)27(41-18(3)34)30(43-26(24)29(36)37-4)42-22-14-20-12-8-9-13-21(20)31-23(22)28(35)38-15-19-10-6-5-7-11-19/h5-14,24-27,30H,15H2,1-4H3/t24-,25-,26-,27+,30+/m0/s1. The van der Waals surface area contributed by atoms with Gasteiger partial charge in [0.2, 0.25) is 12.4 Å². The predicted molar refractivity (Wildman–Crippen MR) is 145 cm³/mol. The lowest BCUT2D eigenvalue weighted by Gasteiger charge is -2.43. The van der Waals surface area contributed by atoms with Crippen molar-refractivity contribution < 1.29 is 57.1 Å². The Labute approximate surface area is 245 Å². The lowest BCUT2D eigenvalue weighted by atomic mass is 9.97. The maximum absolute atomic E-state index is 13.3. The Kier molecular flexibility index (Phi) is 9.88. The summed E-state index contributed by atoms with van der Waals surface area (Å²) in [6, 6.07) is 17.3. The Hall–Kier alpha value is -5.04. The number of para-hydroxylation sites is 1. The van der Waals surface area contributed by atoms with Gasteiger partial charge in [0, 0.05) is 26.2 Å². The van der Waals surface area contributed by atoms with Crippen molar-refractivity contribution in [3.05, 3.63) is 71.9 Å². The third kappa shape index (κ3) is 7.63. The third-order valence-corrected chi connectivity index (χ3v) is 6.17. The number of aromatic nitrogens is 1. The molecule has 1 aliphatic heterocycles. The molecule has 226 valence electrons. The molecule has 1 fully saturated rings. The second-order valence-electron chi connectivity index (χ2n) is 9.38. The molecule has 2 aromatic carbocycles. The van der Waals surface area contributed by atoms with Crippen molar-refractivity contribution in [2.45, 2.75) is 58.1 Å². The summed E-state index contributed by atoms with van der Waals surface area (Å²) in [7, 11) is 1.07. The lowest BCUT2D eigenvalue weighted by Crippen LogP contribution is -2.64. The number of hydrogen-bond acceptors (Lipinski definition) is 13. The van der Waals surface area contributed by atoms with Crippen LogP contribution >= 0.6 is 0 Å². The predicted octanol–water partition coefficient (Wildman–Crippen LogP) is 2.66. The molecule has 13 heteroatoms. The molecule has 0 aliphatic carbocycles. The fraction of sp³-hybridized carbons (Fsp3) is 0.333. The number of rotatable bonds is 9. The first kappa shape index (κ1) is 30.9. The largest absolute Gasteiger partial charge is 0.467 e. The van der Waals surface area contributed by atoms with Crippen molar-refractivity contribution in [2.24, 2.45) is 0 Å². The number of carbonyl (C=O) groups excluding carboxylic acids is 5. The van der Waals surface area contributed by atoms with E-state index in [0.717, 1.165) is 33.4 Å². The van der Waals surface area contributed by atoms with Crippen LogP contribution in [0.25, 0.3) is 10.9 Å². The summed E-state index contributed by atoms with van der Waals surface area (Å²) in [5.74, 6) is -4.53. The zero-order valence-electron chi connectivity index (χ0n) is 23.7. The summed E-state index contributed by atoms with van der Waals surface area (Å²) >= 11 is 0. The van der Waals surface area contributed by atoms with E-state index in [9.17, 15) is 24.0 Å². The molecule has 1 saturated heterocycles. The Bertz CT molecular complexity index is 1510. The minimum Gasteiger partial charge on any atom is -0.467 e. The van der Waals surface area contributed by atoms with E-state index >= 15 is 0 Å². The highest BCUT2D eigenvalue weighted by Crippen LogP contribution is 2.33. The van der Waals surface area contributed by atoms with Gasteiger partial charge < -0.3 is 33.2 Å². The Balaban J connectivity index is 1.77. The fourth-order valence-electron chi connectivity index (χ4n) is 4.42. The highest BCUT2D eigenvalue weighted by molar-refractivity contribution is 5.94. The van der Waals surface area contributed by atoms with Crippen LogP contribution in [-0.4, -0.2) is 72.6 Å². The van der Waals surface area contributed by atoms with E-state index in [4.69, 9.17) is 33.2 Å². The summed E-state index contributed by atoms with van der Waals surface area (Å²) in [6.45, 7) is 3.16. The van der Waals surface area contributed by atoms with E-state index in [1.165, 1.54) is 6.07 Å². The fourth-order valence-corrected chi connectivity index (χ4v) is 4.42. The summed E-state index contributed by atoms with van der Waals surface area (Å²) in [5, 5.41) is 0.566. The van der Waals surface area contributed by atoms with E-state index < -0.39 is 60.6 Å². The number of benzene rings is 2. The maximum Gasteiger partial charge on any atom is 0.361 e. The van der Waals surface area contributed by atoms with Crippen LogP contribution in [0.4, 0.5) is 0 Å². The molecular weight excluding hydrogens is 566 g/mol. The van der Waals surface area contributed by atoms with Crippen molar-refractivity contribution in [1.82, 2.24) is 4.98 Å². The van der Waals surface area contributed by atoms with Crippen LogP contribution in [0.1, 0.15) is 36.8 Å². The van der Waals surface area contributed by atoms with Gasteiger partial charge >= 0.3 is 29.8 Å². The molecule has 43 heavy (non-hydrogen) atoms. The van der Waals surface area contributed by atoms with Crippen LogP contribution in [-0.2, 0) is 54.2 Å². The monoisotopic (exact) mass is 595 g/mol. The summed E-state index contributed by atoms with van der Waals surface area (Å²) < 4.78 is 38.3. The van der Waals surface area contributed by atoms with Crippen molar-refractivity contribution in [3.63, 3.8) is 0 Å². The molecule has 1 aromatic heterocycles. The molecule has 3 aromatic rings. The average Bonchev–Trinajstić information content (AvgIpc) is 2.97. The molecule has 4 rings (SSSR count). The summed E-state index contributed by atoms with van der Waals surface area (Å²) in [4.78, 5) is 66.7. The highest BCUT2D eigenvalue weighted by atomic mass is 16.7. The molecule has 0 radical (unpaired) electrons. The quantitative estimate of drug-likeness (QED) is 0.262. The van der Waals surface area contributed by atoms with Gasteiger partial charge in [-0.2, -0.15) is 0 Å². The van der Waals surface area contributed by atoms with Crippen LogP contribution in [0.5, 0.6) is 5.75 Å². The molecule has 0 amide bonds. The number of carbonyl (C=O) groups is 5. The lowest BCUT2D eigenvalue weighted by molar-refractivity contribution is -0.282. The Morgan fingerprint density at radius 1 is 0.791 bits per heavy atom. The molecule has 5 atom stereocenters. The smallest absolute Gasteiger partial charge is 0.361 e. The molecular formula is C30H29NO12. The van der Waals surface area contributed by atoms with Crippen molar-refractivity contribution in [1.29, 1.82) is 0 Å². The normalized spacial score (nSPS) is 21.3. The molecule has 0 unspecified atom stereocenters. The van der Waals surface area contributed by atoms with Crippen LogP contribution in [0.3, 0.4) is 0 Å². The molecule has 2 heterocycles. The van der Waals surface area contributed by atoms with Gasteiger partial charge in [-0.05, 0) is 17.7 Å². The zero-order valence-corrected chi connectivity index (χ0v) is 23.7. The van der Waals surface area contributed by atoms with Gasteiger partial charge in [0.15, 0.2) is 29.8 Å². The van der Waals surface area contributed by atoms with E-state index in [2.05, 4.69) is 4.98 Å². The van der Waals surface area contributed by atoms with Crippen LogP contribution in [0, 0.1) is 0 Å². The second-order valence-corrected chi connectivity index (χ2v) is 9.38. The van der Waals surface area contributed by atoms with E-state index in [-0.39, 0.29) is 18.1 Å². The highest BCUT2D eigenvalue weighted by Gasteiger charge is 2.56. The van der Waals surface area contributed by atoms with Crippen LogP contribution < -0.4 is 4.74 Å². The zero-order chi connectivity index (χ0) is 31.1. The van der Waals surface area contributed by atoms with Gasteiger partial charge in [-0.25, -0.2) is 14.6 Å². The van der Waals surface area contributed by atoms with Gasteiger partial charge in [-0.15, -0.1) is 0 Å². The van der Waals surface area contributed by atoms with Crippen molar-refractivity contribution in [3.8, 4) is 5.75 Å². The maximum atomic E-state index is 13.3. The summed E-state index contributed by atoms with van der Waals surface area (Å²) in [6.07, 6.45) is -8.10. The Morgan fingerprint density at radius 3 is 2.05 bits per heavy atom. The topological polar surface area (TPSA) is 163 Å². The molecule has 0 saturated carbocycles. The van der Waals surface area contributed by atoms with E-state index in [1.807, 2.05) is 6.07 Å². The number of pyridine rings is 1. The van der Waals surface area contributed by atoms with E-state index in [1.54, 1.807) is 48.5 Å². The molecule has 0 N–H and O–H groups in total. The molecule has 13 nitrogen and oxygen atoms in total. The number of ether oxygens (including phenoxy) is 7. The van der Waals surface area contributed by atoms with Gasteiger partial charge in [-0.3, -0.25) is 14.4 Å². The molecule has 0 bridgehead atoms. The summed E-state index contributed by atoms with van der Waals surface area (Å²) in [5.41, 5.74) is 0.926. The first-order chi connectivity index (χ1) is 20.6. The van der Waals surface area contributed by atoms with Crippen molar-refractivity contribution in [2.75, 3.05) is 7.11 Å². The number of methoxy groups -OCH3 is 1. The number of fused-ring (bicyclic) bond motifs is 1. The Morgan fingerprint density at radius 2 is 1.40 bits per heavy atom. The van der Waals surface area contributed by atoms with Crippen LogP contribution in [0.2, 0.25) is 0 Å². The second kappa shape index (κ2) is 13.7. The minimum atomic E-state index is -1.69. The number of esters is 5. The number of nitrogens with zero attached hydrogens (tertiary/aromatic N) is 1. The molecule has 1 aliphatic rings.